The predicted octanol–water partition coefficient (Wildman–Crippen LogP) is 1.74. The summed E-state index contributed by atoms with van der Waals surface area (Å²) >= 11 is 0. The molecule has 4 heteroatoms. The van der Waals surface area contributed by atoms with E-state index in [4.69, 9.17) is 5.73 Å². The molecule has 0 aliphatic heterocycles. The molecule has 2 saturated carbocycles. The summed E-state index contributed by atoms with van der Waals surface area (Å²) < 4.78 is 0. The molecule has 2 atom stereocenters. The number of hydrogen-bond donors (Lipinski definition) is 2. The van der Waals surface area contributed by atoms with E-state index in [1.807, 2.05) is 7.05 Å². The molecule has 0 saturated heterocycles. The monoisotopic (exact) mass is 281 g/mol. The van der Waals surface area contributed by atoms with Crippen molar-refractivity contribution < 1.29 is 4.79 Å². The molecule has 2 fully saturated rings. The summed E-state index contributed by atoms with van der Waals surface area (Å²) in [6.07, 6.45) is 8.45. The summed E-state index contributed by atoms with van der Waals surface area (Å²) in [6, 6.07) is 0. The minimum absolute atomic E-state index is 0.162. The Bertz CT molecular complexity index is 330. The zero-order chi connectivity index (χ0) is 14.6. The number of likely N-dealkylation sites (N-methyl/N-ethyl adjacent to an activating group) is 1. The SMILES string of the molecule is CCN(CCC1CCCC1(NC)C(N)=O)CC1CCC1. The number of primary amides is 1. The zero-order valence-corrected chi connectivity index (χ0v) is 13.2. The second-order valence-electron chi connectivity index (χ2n) is 6.65. The maximum Gasteiger partial charge on any atom is 0.238 e. The molecule has 0 spiro atoms. The van der Waals surface area contributed by atoms with Crippen molar-refractivity contribution in [2.24, 2.45) is 17.6 Å². The average Bonchev–Trinajstić information content (AvgIpc) is 2.81. The van der Waals surface area contributed by atoms with Crippen LogP contribution in [0.4, 0.5) is 0 Å². The number of nitrogens with one attached hydrogen (secondary N) is 1. The van der Waals surface area contributed by atoms with Gasteiger partial charge in [-0.1, -0.05) is 19.8 Å². The Labute approximate surface area is 123 Å². The van der Waals surface area contributed by atoms with Crippen LogP contribution in [0.2, 0.25) is 0 Å². The predicted molar refractivity (Wildman–Crippen MR) is 82.4 cm³/mol. The van der Waals surface area contributed by atoms with Crippen molar-refractivity contribution >= 4 is 5.91 Å². The summed E-state index contributed by atoms with van der Waals surface area (Å²) in [6.45, 7) is 5.71. The van der Waals surface area contributed by atoms with Crippen molar-refractivity contribution in [3.05, 3.63) is 0 Å². The van der Waals surface area contributed by atoms with Gasteiger partial charge in [-0.05, 0) is 64.1 Å². The van der Waals surface area contributed by atoms with E-state index in [2.05, 4.69) is 17.1 Å². The zero-order valence-electron chi connectivity index (χ0n) is 13.2. The Morgan fingerprint density at radius 2 is 2.10 bits per heavy atom. The molecular formula is C16H31N3O. The largest absolute Gasteiger partial charge is 0.368 e. The van der Waals surface area contributed by atoms with E-state index in [9.17, 15) is 4.79 Å². The molecule has 0 aromatic rings. The molecule has 116 valence electrons. The molecule has 20 heavy (non-hydrogen) atoms. The van der Waals surface area contributed by atoms with Crippen LogP contribution >= 0.6 is 0 Å². The van der Waals surface area contributed by atoms with Gasteiger partial charge in [-0.3, -0.25) is 4.79 Å². The normalized spacial score (nSPS) is 30.6. The van der Waals surface area contributed by atoms with Gasteiger partial charge in [-0.15, -0.1) is 0 Å². The lowest BCUT2D eigenvalue weighted by Gasteiger charge is -2.35. The lowest BCUT2D eigenvalue weighted by Crippen LogP contribution is -2.57. The van der Waals surface area contributed by atoms with Gasteiger partial charge in [-0.25, -0.2) is 0 Å². The Kier molecular flexibility index (Phi) is 5.44. The second-order valence-corrected chi connectivity index (χ2v) is 6.65. The van der Waals surface area contributed by atoms with Crippen LogP contribution in [-0.4, -0.2) is 43.0 Å². The highest BCUT2D eigenvalue weighted by Gasteiger charge is 2.46. The van der Waals surface area contributed by atoms with Crippen LogP contribution in [0, 0.1) is 11.8 Å². The van der Waals surface area contributed by atoms with E-state index >= 15 is 0 Å². The van der Waals surface area contributed by atoms with Crippen LogP contribution in [0.25, 0.3) is 0 Å². The molecule has 2 unspecified atom stereocenters. The molecular weight excluding hydrogens is 250 g/mol. The molecule has 2 aliphatic rings. The van der Waals surface area contributed by atoms with Crippen LogP contribution in [0.3, 0.4) is 0 Å². The third-order valence-corrected chi connectivity index (χ3v) is 5.69. The van der Waals surface area contributed by atoms with Gasteiger partial charge in [0.2, 0.25) is 5.91 Å². The quantitative estimate of drug-likeness (QED) is 0.712. The lowest BCUT2D eigenvalue weighted by molar-refractivity contribution is -0.125. The number of nitrogens with zero attached hydrogens (tertiary/aromatic N) is 1. The average molecular weight is 281 g/mol. The van der Waals surface area contributed by atoms with Gasteiger partial charge >= 0.3 is 0 Å². The van der Waals surface area contributed by atoms with Crippen molar-refractivity contribution in [1.82, 2.24) is 10.2 Å². The molecule has 0 heterocycles. The lowest BCUT2D eigenvalue weighted by atomic mass is 9.83. The minimum atomic E-state index is -0.449. The first-order chi connectivity index (χ1) is 9.62. The Balaban J connectivity index is 1.85. The third kappa shape index (κ3) is 3.17. The summed E-state index contributed by atoms with van der Waals surface area (Å²) in [5.74, 6) is 1.16. The summed E-state index contributed by atoms with van der Waals surface area (Å²) in [7, 11) is 1.88. The number of carbonyl (C=O) groups is 1. The molecule has 3 N–H and O–H groups in total. The van der Waals surface area contributed by atoms with Crippen LogP contribution in [0.15, 0.2) is 0 Å². The Morgan fingerprint density at radius 1 is 1.35 bits per heavy atom. The fraction of sp³-hybridized carbons (Fsp3) is 0.938. The van der Waals surface area contributed by atoms with Gasteiger partial charge < -0.3 is 16.0 Å². The first kappa shape index (κ1) is 15.8. The Morgan fingerprint density at radius 3 is 2.60 bits per heavy atom. The molecule has 0 radical (unpaired) electrons. The first-order valence-corrected chi connectivity index (χ1v) is 8.33. The van der Waals surface area contributed by atoms with Crippen molar-refractivity contribution in [1.29, 1.82) is 0 Å². The fourth-order valence-electron chi connectivity index (χ4n) is 4.00. The topological polar surface area (TPSA) is 58.4 Å². The van der Waals surface area contributed by atoms with E-state index in [0.717, 1.165) is 44.7 Å². The summed E-state index contributed by atoms with van der Waals surface area (Å²) in [5, 5.41) is 3.24. The first-order valence-electron chi connectivity index (χ1n) is 8.33. The van der Waals surface area contributed by atoms with Crippen molar-refractivity contribution in [3.8, 4) is 0 Å². The third-order valence-electron chi connectivity index (χ3n) is 5.69. The fourth-order valence-corrected chi connectivity index (χ4v) is 4.00. The molecule has 1 amide bonds. The Hall–Kier alpha value is -0.610. The highest BCUT2D eigenvalue weighted by atomic mass is 16.1. The van der Waals surface area contributed by atoms with Crippen LogP contribution in [0.1, 0.15) is 51.9 Å². The van der Waals surface area contributed by atoms with Crippen molar-refractivity contribution in [2.45, 2.75) is 57.4 Å². The van der Waals surface area contributed by atoms with Crippen LogP contribution < -0.4 is 11.1 Å². The van der Waals surface area contributed by atoms with Gasteiger partial charge in [0.1, 0.15) is 5.54 Å². The second kappa shape index (κ2) is 6.90. The molecule has 2 aliphatic carbocycles. The van der Waals surface area contributed by atoms with Crippen LogP contribution in [-0.2, 0) is 4.79 Å². The van der Waals surface area contributed by atoms with Crippen LogP contribution in [0.5, 0.6) is 0 Å². The molecule has 0 aromatic carbocycles. The van der Waals surface area contributed by atoms with Gasteiger partial charge in [0.05, 0.1) is 0 Å². The van der Waals surface area contributed by atoms with Gasteiger partial charge in [0, 0.05) is 6.54 Å². The van der Waals surface area contributed by atoms with E-state index in [1.54, 1.807) is 0 Å². The highest BCUT2D eigenvalue weighted by molar-refractivity contribution is 5.85. The summed E-state index contributed by atoms with van der Waals surface area (Å²) in [5.41, 5.74) is 5.22. The minimum Gasteiger partial charge on any atom is -0.368 e. The van der Waals surface area contributed by atoms with E-state index in [0.29, 0.717) is 5.92 Å². The van der Waals surface area contributed by atoms with E-state index in [1.165, 1.54) is 25.8 Å². The maximum atomic E-state index is 11.9. The van der Waals surface area contributed by atoms with Gasteiger partial charge in [0.15, 0.2) is 0 Å². The molecule has 4 nitrogen and oxygen atoms in total. The molecule has 0 bridgehead atoms. The highest BCUT2D eigenvalue weighted by Crippen LogP contribution is 2.38. The smallest absolute Gasteiger partial charge is 0.238 e. The van der Waals surface area contributed by atoms with E-state index < -0.39 is 5.54 Å². The molecule has 2 rings (SSSR count). The van der Waals surface area contributed by atoms with E-state index in [-0.39, 0.29) is 5.91 Å². The number of amides is 1. The molecule has 0 aromatic heterocycles. The number of carbonyl (C=O) groups excluding carboxylic acids is 1. The van der Waals surface area contributed by atoms with Crippen molar-refractivity contribution in [3.63, 3.8) is 0 Å². The number of nitrogens with two attached hydrogens (primary N) is 1. The standard InChI is InChI=1S/C16H31N3O/c1-3-19(12-13-6-4-7-13)11-9-14-8-5-10-16(14,18-2)15(17)20/h13-14,18H,3-12H2,1-2H3,(H2,17,20). The van der Waals surface area contributed by atoms with Gasteiger partial charge in [-0.2, -0.15) is 0 Å². The summed E-state index contributed by atoms with van der Waals surface area (Å²) in [4.78, 5) is 14.4. The maximum absolute atomic E-state index is 11.9. The number of rotatable bonds is 8. The van der Waals surface area contributed by atoms with Crippen molar-refractivity contribution in [2.75, 3.05) is 26.7 Å². The number of hydrogen-bond acceptors (Lipinski definition) is 3. The van der Waals surface area contributed by atoms with Gasteiger partial charge in [0.25, 0.3) is 0 Å².